The zero-order valence-electron chi connectivity index (χ0n) is 12.7. The lowest BCUT2D eigenvalue weighted by Crippen LogP contribution is -2.28. The number of halogens is 1. The van der Waals surface area contributed by atoms with Crippen molar-refractivity contribution in [1.29, 1.82) is 0 Å². The van der Waals surface area contributed by atoms with Crippen molar-refractivity contribution in [2.45, 2.75) is 25.2 Å². The van der Waals surface area contributed by atoms with E-state index >= 15 is 0 Å². The predicted molar refractivity (Wildman–Crippen MR) is 92.4 cm³/mol. The molecule has 1 aliphatic carbocycles. The van der Waals surface area contributed by atoms with Crippen LogP contribution in [0.15, 0.2) is 24.3 Å². The minimum absolute atomic E-state index is 0.0617. The summed E-state index contributed by atoms with van der Waals surface area (Å²) >= 11 is 7.30. The molecular weight excluding hydrogens is 348 g/mol. The SMILES string of the molecule is O=C(Nc1nnc(C2CC2)s1)C1CC(=O)N(c2ccc(Cl)cc2)C1. The molecule has 124 valence electrons. The van der Waals surface area contributed by atoms with E-state index in [1.165, 1.54) is 11.3 Å². The topological polar surface area (TPSA) is 75.2 Å². The van der Waals surface area contributed by atoms with Crippen LogP contribution in [0.3, 0.4) is 0 Å². The Labute approximate surface area is 147 Å². The van der Waals surface area contributed by atoms with Crippen LogP contribution in [0.1, 0.15) is 30.2 Å². The molecule has 24 heavy (non-hydrogen) atoms. The molecule has 2 fully saturated rings. The lowest BCUT2D eigenvalue weighted by atomic mass is 10.1. The normalized spacial score (nSPS) is 20.5. The number of nitrogens with zero attached hydrogens (tertiary/aromatic N) is 3. The van der Waals surface area contributed by atoms with E-state index in [0.29, 0.717) is 22.6 Å². The van der Waals surface area contributed by atoms with Gasteiger partial charge in [-0.1, -0.05) is 22.9 Å². The van der Waals surface area contributed by atoms with Gasteiger partial charge in [0, 0.05) is 29.6 Å². The van der Waals surface area contributed by atoms with Gasteiger partial charge in [-0.15, -0.1) is 10.2 Å². The van der Waals surface area contributed by atoms with Crippen molar-refractivity contribution < 1.29 is 9.59 Å². The molecule has 2 aromatic rings. The number of anilines is 2. The van der Waals surface area contributed by atoms with Gasteiger partial charge in [0.25, 0.3) is 0 Å². The summed E-state index contributed by atoms with van der Waals surface area (Å²) < 4.78 is 0. The highest BCUT2D eigenvalue weighted by atomic mass is 35.5. The quantitative estimate of drug-likeness (QED) is 0.907. The maximum atomic E-state index is 12.4. The number of carbonyl (C=O) groups excluding carboxylic acids is 2. The second-order valence-corrected chi connectivity index (χ2v) is 7.54. The van der Waals surface area contributed by atoms with Crippen LogP contribution in [-0.2, 0) is 9.59 Å². The molecule has 1 unspecified atom stereocenters. The van der Waals surface area contributed by atoms with Crippen molar-refractivity contribution in [3.05, 3.63) is 34.3 Å². The number of rotatable bonds is 4. The second-order valence-electron chi connectivity index (χ2n) is 6.09. The molecule has 4 rings (SSSR count). The maximum Gasteiger partial charge on any atom is 0.231 e. The largest absolute Gasteiger partial charge is 0.312 e. The average molecular weight is 363 g/mol. The molecule has 0 radical (unpaired) electrons. The Morgan fingerprint density at radius 3 is 2.71 bits per heavy atom. The zero-order valence-corrected chi connectivity index (χ0v) is 14.3. The van der Waals surface area contributed by atoms with Crippen LogP contribution >= 0.6 is 22.9 Å². The fraction of sp³-hybridized carbons (Fsp3) is 0.375. The summed E-state index contributed by atoms with van der Waals surface area (Å²) in [6, 6.07) is 7.04. The third-order valence-corrected chi connectivity index (χ3v) is 5.48. The van der Waals surface area contributed by atoms with Gasteiger partial charge in [-0.05, 0) is 37.1 Å². The maximum absolute atomic E-state index is 12.4. The van der Waals surface area contributed by atoms with E-state index < -0.39 is 0 Å². The molecule has 8 heteroatoms. The van der Waals surface area contributed by atoms with Crippen LogP contribution in [0.5, 0.6) is 0 Å². The first-order valence-corrected chi connectivity index (χ1v) is 9.00. The minimum atomic E-state index is -0.388. The molecule has 0 spiro atoms. The minimum Gasteiger partial charge on any atom is -0.312 e. The molecule has 6 nitrogen and oxygen atoms in total. The first-order valence-electron chi connectivity index (χ1n) is 7.80. The van der Waals surface area contributed by atoms with Crippen molar-refractivity contribution in [2.24, 2.45) is 5.92 Å². The molecule has 1 atom stereocenters. The van der Waals surface area contributed by atoms with E-state index in [1.54, 1.807) is 29.2 Å². The second kappa shape index (κ2) is 6.14. The van der Waals surface area contributed by atoms with Gasteiger partial charge >= 0.3 is 0 Å². The van der Waals surface area contributed by atoms with Crippen LogP contribution in [-0.4, -0.2) is 28.6 Å². The van der Waals surface area contributed by atoms with Crippen molar-refractivity contribution >= 4 is 45.6 Å². The smallest absolute Gasteiger partial charge is 0.231 e. The Kier molecular flexibility index (Phi) is 3.97. The number of amides is 2. The summed E-state index contributed by atoms with van der Waals surface area (Å²) in [6.45, 7) is 0.362. The monoisotopic (exact) mass is 362 g/mol. The van der Waals surface area contributed by atoms with Gasteiger partial charge in [-0.2, -0.15) is 0 Å². The fourth-order valence-electron chi connectivity index (χ4n) is 2.74. The number of nitrogens with one attached hydrogen (secondary N) is 1. The lowest BCUT2D eigenvalue weighted by Gasteiger charge is -2.16. The van der Waals surface area contributed by atoms with E-state index in [2.05, 4.69) is 15.5 Å². The Bertz CT molecular complexity index is 788. The molecule has 2 amide bonds. The van der Waals surface area contributed by atoms with Crippen molar-refractivity contribution in [2.75, 3.05) is 16.8 Å². The molecule has 1 saturated heterocycles. The Balaban J connectivity index is 1.41. The van der Waals surface area contributed by atoms with Gasteiger partial charge in [0.05, 0.1) is 5.92 Å². The molecule has 1 saturated carbocycles. The highest BCUT2D eigenvalue weighted by Gasteiger charge is 2.36. The number of hydrogen-bond acceptors (Lipinski definition) is 5. The summed E-state index contributed by atoms with van der Waals surface area (Å²) in [4.78, 5) is 26.3. The first-order chi connectivity index (χ1) is 11.6. The number of aromatic nitrogens is 2. The van der Waals surface area contributed by atoms with Gasteiger partial charge in [-0.25, -0.2) is 0 Å². The van der Waals surface area contributed by atoms with Crippen LogP contribution in [0, 0.1) is 5.92 Å². The molecule has 1 aromatic carbocycles. The highest BCUT2D eigenvalue weighted by Crippen LogP contribution is 2.42. The molecule has 0 bridgehead atoms. The summed E-state index contributed by atoms with van der Waals surface area (Å²) in [7, 11) is 0. The Morgan fingerprint density at radius 2 is 2.00 bits per heavy atom. The fourth-order valence-corrected chi connectivity index (χ4v) is 3.78. The van der Waals surface area contributed by atoms with E-state index in [1.807, 2.05) is 0 Å². The molecule has 1 aromatic heterocycles. The average Bonchev–Trinajstić information content (AvgIpc) is 3.19. The van der Waals surface area contributed by atoms with Crippen LogP contribution in [0.25, 0.3) is 0 Å². The lowest BCUT2D eigenvalue weighted by molar-refractivity contribution is -0.122. The van der Waals surface area contributed by atoms with Gasteiger partial charge in [0.1, 0.15) is 5.01 Å². The van der Waals surface area contributed by atoms with Crippen molar-refractivity contribution in [1.82, 2.24) is 10.2 Å². The third kappa shape index (κ3) is 3.14. The number of carbonyl (C=O) groups is 2. The Morgan fingerprint density at radius 1 is 1.25 bits per heavy atom. The standard InChI is InChI=1S/C16H15ClN4O2S/c17-11-3-5-12(6-4-11)21-8-10(7-13(21)22)14(23)18-16-20-19-15(24-16)9-1-2-9/h3-6,9-10H,1-2,7-8H2,(H,18,20,23). The highest BCUT2D eigenvalue weighted by molar-refractivity contribution is 7.15. The predicted octanol–water partition coefficient (Wildman–Crippen LogP) is 3.06. The van der Waals surface area contributed by atoms with Gasteiger partial charge in [0.15, 0.2) is 0 Å². The number of benzene rings is 1. The molecule has 2 heterocycles. The first kappa shape index (κ1) is 15.5. The third-order valence-electron chi connectivity index (χ3n) is 4.23. The van der Waals surface area contributed by atoms with Crippen molar-refractivity contribution in [3.63, 3.8) is 0 Å². The summed E-state index contributed by atoms with van der Waals surface area (Å²) in [6.07, 6.45) is 2.49. The summed E-state index contributed by atoms with van der Waals surface area (Å²) in [5.41, 5.74) is 0.756. The molecule has 2 aliphatic rings. The van der Waals surface area contributed by atoms with Gasteiger partial charge < -0.3 is 10.2 Å². The van der Waals surface area contributed by atoms with E-state index in [0.717, 1.165) is 23.5 Å². The summed E-state index contributed by atoms with van der Waals surface area (Å²) in [5.74, 6) is -0.116. The van der Waals surface area contributed by atoms with Gasteiger partial charge in [0.2, 0.25) is 16.9 Å². The molecule has 1 aliphatic heterocycles. The molecular formula is C16H15ClN4O2S. The van der Waals surface area contributed by atoms with E-state index in [-0.39, 0.29) is 24.2 Å². The zero-order chi connectivity index (χ0) is 16.7. The number of hydrogen-bond donors (Lipinski definition) is 1. The van der Waals surface area contributed by atoms with Crippen LogP contribution < -0.4 is 10.2 Å². The van der Waals surface area contributed by atoms with E-state index in [4.69, 9.17) is 11.6 Å². The molecule has 1 N–H and O–H groups in total. The van der Waals surface area contributed by atoms with E-state index in [9.17, 15) is 9.59 Å². The van der Waals surface area contributed by atoms with Gasteiger partial charge in [-0.3, -0.25) is 9.59 Å². The van der Waals surface area contributed by atoms with Crippen LogP contribution in [0.4, 0.5) is 10.8 Å². The Hall–Kier alpha value is -1.99. The van der Waals surface area contributed by atoms with Crippen molar-refractivity contribution in [3.8, 4) is 0 Å². The summed E-state index contributed by atoms with van der Waals surface area (Å²) in [5, 5.41) is 13.0. The van der Waals surface area contributed by atoms with Crippen LogP contribution in [0.2, 0.25) is 5.02 Å².